The summed E-state index contributed by atoms with van der Waals surface area (Å²) in [4.78, 5) is 34.4. The van der Waals surface area contributed by atoms with Crippen molar-refractivity contribution in [1.29, 1.82) is 0 Å². The summed E-state index contributed by atoms with van der Waals surface area (Å²) in [5.41, 5.74) is 3.21. The van der Waals surface area contributed by atoms with Crippen LogP contribution in [0.3, 0.4) is 0 Å². The van der Waals surface area contributed by atoms with E-state index in [1.807, 2.05) is 12.1 Å². The summed E-state index contributed by atoms with van der Waals surface area (Å²) >= 11 is 0. The van der Waals surface area contributed by atoms with Gasteiger partial charge in [-0.1, -0.05) is 56.4 Å². The van der Waals surface area contributed by atoms with Crippen LogP contribution >= 0.6 is 12.4 Å². The Bertz CT molecular complexity index is 1340. The first kappa shape index (κ1) is 30.9. The second kappa shape index (κ2) is 14.8. The lowest BCUT2D eigenvalue weighted by molar-refractivity contribution is 0.0867. The molecule has 2 amide bonds. The summed E-state index contributed by atoms with van der Waals surface area (Å²) in [7, 11) is 0. The van der Waals surface area contributed by atoms with Crippen molar-refractivity contribution in [2.75, 3.05) is 32.8 Å². The van der Waals surface area contributed by atoms with Crippen LogP contribution < -0.4 is 15.5 Å². The molecular weight excluding hydrogens is 545 g/mol. The Morgan fingerprint density at radius 1 is 0.927 bits per heavy atom. The van der Waals surface area contributed by atoms with Gasteiger partial charge in [0.1, 0.15) is 17.9 Å². The summed E-state index contributed by atoms with van der Waals surface area (Å²) in [6.07, 6.45) is 10.2. The van der Waals surface area contributed by atoms with Crippen molar-refractivity contribution >= 4 is 35.1 Å². The smallest absolute Gasteiger partial charge is 0.258 e. The van der Waals surface area contributed by atoms with Gasteiger partial charge in [0.15, 0.2) is 0 Å². The molecule has 0 saturated carbocycles. The molecule has 5 rings (SSSR count). The first-order chi connectivity index (χ1) is 19.5. The van der Waals surface area contributed by atoms with E-state index >= 15 is 0 Å². The summed E-state index contributed by atoms with van der Waals surface area (Å²) in [5.74, 6) is -1.05. The SMILES string of the molecule is CCCCCCCCCCOn1nc(CC(c2ccc3c(c2)C(=O)NC3=O)N2CCNCC2)c2ccc(F)cc21.Cl. The van der Waals surface area contributed by atoms with Gasteiger partial charge in [-0.15, -0.1) is 17.5 Å². The molecule has 222 valence electrons. The lowest BCUT2D eigenvalue weighted by atomic mass is 9.95. The van der Waals surface area contributed by atoms with Gasteiger partial charge >= 0.3 is 0 Å². The fourth-order valence-electron chi connectivity index (χ4n) is 5.79. The van der Waals surface area contributed by atoms with Crippen LogP contribution in [0.15, 0.2) is 36.4 Å². The van der Waals surface area contributed by atoms with Gasteiger partial charge in [-0.25, -0.2) is 4.39 Å². The Balaban J connectivity index is 0.00000387. The highest BCUT2D eigenvalue weighted by molar-refractivity contribution is 6.21. The summed E-state index contributed by atoms with van der Waals surface area (Å²) < 4.78 is 14.3. The lowest BCUT2D eigenvalue weighted by Gasteiger charge is -2.35. The van der Waals surface area contributed by atoms with E-state index in [1.54, 1.807) is 12.1 Å². The maximum atomic E-state index is 14.3. The second-order valence-electron chi connectivity index (χ2n) is 10.9. The number of aromatic nitrogens is 2. The average Bonchev–Trinajstić information content (AvgIpc) is 3.45. The number of unbranched alkanes of at least 4 members (excludes halogenated alkanes) is 7. The maximum Gasteiger partial charge on any atom is 0.258 e. The van der Waals surface area contributed by atoms with Crippen molar-refractivity contribution in [3.63, 3.8) is 0 Å². The number of hydrogen-bond acceptors (Lipinski definition) is 6. The van der Waals surface area contributed by atoms with Gasteiger partial charge in [-0.3, -0.25) is 19.8 Å². The van der Waals surface area contributed by atoms with Gasteiger partial charge in [0.05, 0.1) is 16.8 Å². The van der Waals surface area contributed by atoms with Gasteiger partial charge in [0, 0.05) is 50.1 Å². The van der Waals surface area contributed by atoms with Gasteiger partial charge in [-0.2, -0.15) is 0 Å². The molecule has 2 aliphatic heterocycles. The molecule has 2 aromatic carbocycles. The first-order valence-corrected chi connectivity index (χ1v) is 14.8. The van der Waals surface area contributed by atoms with E-state index in [4.69, 9.17) is 9.94 Å². The Labute approximate surface area is 247 Å². The van der Waals surface area contributed by atoms with E-state index in [0.717, 1.165) is 55.7 Å². The van der Waals surface area contributed by atoms with Gasteiger partial charge < -0.3 is 10.2 Å². The van der Waals surface area contributed by atoms with Crippen LogP contribution in [0.25, 0.3) is 10.9 Å². The second-order valence-corrected chi connectivity index (χ2v) is 10.9. The van der Waals surface area contributed by atoms with Crippen molar-refractivity contribution in [2.45, 2.75) is 70.8 Å². The first-order valence-electron chi connectivity index (χ1n) is 14.8. The Hall–Kier alpha value is -3.01. The average molecular weight is 586 g/mol. The molecule has 1 saturated heterocycles. The molecule has 3 aromatic rings. The van der Waals surface area contributed by atoms with Crippen molar-refractivity contribution in [1.82, 2.24) is 25.5 Å². The van der Waals surface area contributed by atoms with Crippen molar-refractivity contribution in [2.24, 2.45) is 0 Å². The van der Waals surface area contributed by atoms with Crippen LogP contribution in [-0.2, 0) is 6.42 Å². The minimum Gasteiger partial charge on any atom is -0.396 e. The maximum absolute atomic E-state index is 14.3. The molecule has 2 N–H and O–H groups in total. The van der Waals surface area contributed by atoms with Crippen LogP contribution in [-0.4, -0.2) is 59.4 Å². The minimum atomic E-state index is -0.361. The number of benzene rings is 2. The van der Waals surface area contributed by atoms with Gasteiger partial charge in [-0.05, 0) is 42.7 Å². The molecule has 1 fully saturated rings. The Kier molecular flexibility index (Phi) is 11.1. The molecule has 1 unspecified atom stereocenters. The van der Waals surface area contributed by atoms with Gasteiger partial charge in [0.2, 0.25) is 0 Å². The van der Waals surface area contributed by atoms with E-state index < -0.39 is 0 Å². The Morgan fingerprint density at radius 2 is 1.63 bits per heavy atom. The number of carbonyl (C=O) groups is 2. The monoisotopic (exact) mass is 585 g/mol. The molecule has 2 aliphatic rings. The number of nitrogens with one attached hydrogen (secondary N) is 2. The number of nitrogens with zero attached hydrogens (tertiary/aromatic N) is 3. The zero-order valence-corrected chi connectivity index (χ0v) is 24.6. The summed E-state index contributed by atoms with van der Waals surface area (Å²) in [6, 6.07) is 10.1. The highest BCUT2D eigenvalue weighted by Gasteiger charge is 2.30. The number of imide groups is 1. The minimum absolute atomic E-state index is 0. The van der Waals surface area contributed by atoms with E-state index in [2.05, 4.69) is 22.5 Å². The van der Waals surface area contributed by atoms with Gasteiger partial charge in [0.25, 0.3) is 11.8 Å². The topological polar surface area (TPSA) is 88.5 Å². The number of amides is 2. The number of hydrogen-bond donors (Lipinski definition) is 2. The highest BCUT2D eigenvalue weighted by atomic mass is 35.5. The third-order valence-electron chi connectivity index (χ3n) is 8.02. The zero-order chi connectivity index (χ0) is 27.9. The zero-order valence-electron chi connectivity index (χ0n) is 23.8. The van der Waals surface area contributed by atoms with Crippen molar-refractivity contribution in [3.05, 3.63) is 64.6 Å². The number of piperazine rings is 1. The van der Waals surface area contributed by atoms with Crippen LogP contribution in [0.1, 0.15) is 96.3 Å². The molecule has 0 spiro atoms. The largest absolute Gasteiger partial charge is 0.396 e. The molecule has 0 radical (unpaired) electrons. The molecule has 1 atom stereocenters. The Morgan fingerprint density at radius 3 is 2.39 bits per heavy atom. The van der Waals surface area contributed by atoms with Crippen molar-refractivity contribution in [3.8, 4) is 0 Å². The molecule has 0 bridgehead atoms. The van der Waals surface area contributed by atoms with E-state index in [1.165, 1.54) is 55.5 Å². The predicted octanol–water partition coefficient (Wildman–Crippen LogP) is 5.24. The third kappa shape index (κ3) is 7.45. The quantitative estimate of drug-likeness (QED) is 0.199. The number of halogens is 2. The summed E-state index contributed by atoms with van der Waals surface area (Å²) in [6.45, 7) is 6.17. The standard InChI is InChI=1S/C31H40FN5O3.ClH/c1-2-3-4-5-6-7-8-9-18-40-37-29-20-23(32)11-13-25(29)27(35-37)21-28(36-16-14-33-15-17-36)22-10-12-24-26(19-22)31(39)34-30(24)38;/h10-13,19-20,28,33H,2-9,14-18,21H2,1H3,(H,34,38,39);1H. The molecule has 41 heavy (non-hydrogen) atoms. The molecule has 3 heterocycles. The van der Waals surface area contributed by atoms with Crippen molar-refractivity contribution < 1.29 is 18.8 Å². The van der Waals surface area contributed by atoms with Crippen LogP contribution in [0.4, 0.5) is 4.39 Å². The molecule has 8 nitrogen and oxygen atoms in total. The fraction of sp³-hybridized carbons (Fsp3) is 0.516. The molecule has 10 heteroatoms. The predicted molar refractivity (Wildman–Crippen MR) is 160 cm³/mol. The fourth-order valence-corrected chi connectivity index (χ4v) is 5.79. The van der Waals surface area contributed by atoms with E-state index in [-0.39, 0.29) is 36.1 Å². The number of rotatable bonds is 14. The number of fused-ring (bicyclic) bond motifs is 2. The number of carbonyl (C=O) groups excluding carboxylic acids is 2. The molecule has 0 aliphatic carbocycles. The van der Waals surface area contributed by atoms with E-state index in [0.29, 0.717) is 29.7 Å². The van der Waals surface area contributed by atoms with E-state index in [9.17, 15) is 14.0 Å². The normalized spacial score (nSPS) is 16.0. The highest BCUT2D eigenvalue weighted by Crippen LogP contribution is 2.31. The van der Waals surface area contributed by atoms with Crippen LogP contribution in [0.5, 0.6) is 0 Å². The van der Waals surface area contributed by atoms with Crippen LogP contribution in [0, 0.1) is 5.82 Å². The summed E-state index contributed by atoms with van der Waals surface area (Å²) in [5, 5.41) is 11.4. The van der Waals surface area contributed by atoms with Crippen LogP contribution in [0.2, 0.25) is 0 Å². The lowest BCUT2D eigenvalue weighted by Crippen LogP contribution is -2.45. The molecular formula is C31H41ClFN5O3. The third-order valence-corrected chi connectivity index (χ3v) is 8.02. The molecule has 1 aromatic heterocycles.